The number of rotatable bonds is 5. The van der Waals surface area contributed by atoms with Gasteiger partial charge in [-0.2, -0.15) is 0 Å². The molecule has 7 nitrogen and oxygen atoms in total. The van der Waals surface area contributed by atoms with Gasteiger partial charge in [0.15, 0.2) is 0 Å². The van der Waals surface area contributed by atoms with E-state index < -0.39 is 5.91 Å². The Balaban J connectivity index is 1.78. The van der Waals surface area contributed by atoms with E-state index in [1.165, 1.54) is 24.7 Å². The van der Waals surface area contributed by atoms with Crippen LogP contribution in [0.5, 0.6) is 0 Å². The molecule has 0 bridgehead atoms. The van der Waals surface area contributed by atoms with Gasteiger partial charge in [-0.3, -0.25) is 4.79 Å². The van der Waals surface area contributed by atoms with Crippen LogP contribution in [-0.2, 0) is 0 Å². The average molecular weight is 354 g/mol. The zero-order valence-electron chi connectivity index (χ0n) is 14.4. The summed E-state index contributed by atoms with van der Waals surface area (Å²) in [6.07, 6.45) is 5.81. The third kappa shape index (κ3) is 3.97. The molecule has 26 heavy (non-hydrogen) atoms. The molecule has 0 spiro atoms. The number of hydrogen-bond acceptors (Lipinski definition) is 5. The van der Waals surface area contributed by atoms with Crippen molar-refractivity contribution in [3.63, 3.8) is 0 Å². The zero-order chi connectivity index (χ0) is 18.7. The first-order valence-corrected chi connectivity index (χ1v) is 8.05. The van der Waals surface area contributed by atoms with Crippen molar-refractivity contribution in [2.75, 3.05) is 16.4 Å². The summed E-state index contributed by atoms with van der Waals surface area (Å²) in [5, 5.41) is 5.81. The second-order valence-corrected chi connectivity index (χ2v) is 6.05. The van der Waals surface area contributed by atoms with Gasteiger partial charge in [-0.15, -0.1) is 0 Å². The number of nitrogens with one attached hydrogen (secondary N) is 2. The summed E-state index contributed by atoms with van der Waals surface area (Å²) >= 11 is 0. The molecule has 0 saturated carbocycles. The molecule has 0 saturated heterocycles. The number of amides is 1. The molecular formula is C18H19FN6O. The van der Waals surface area contributed by atoms with Crippen molar-refractivity contribution in [3.8, 4) is 5.69 Å². The van der Waals surface area contributed by atoms with Crippen molar-refractivity contribution in [3.05, 3.63) is 60.6 Å². The van der Waals surface area contributed by atoms with E-state index in [1.54, 1.807) is 29.0 Å². The van der Waals surface area contributed by atoms with Crippen molar-refractivity contribution in [1.82, 2.24) is 14.5 Å². The number of nitrogen functional groups attached to an aromatic ring is 1. The van der Waals surface area contributed by atoms with Gasteiger partial charge < -0.3 is 20.9 Å². The minimum atomic E-state index is -0.434. The first-order chi connectivity index (χ1) is 12.4. The highest BCUT2D eigenvalue weighted by Gasteiger charge is 2.12. The van der Waals surface area contributed by atoms with Crippen LogP contribution in [0, 0.1) is 5.82 Å². The third-order valence-corrected chi connectivity index (χ3v) is 3.56. The second kappa shape index (κ2) is 7.22. The van der Waals surface area contributed by atoms with Gasteiger partial charge in [0, 0.05) is 24.1 Å². The van der Waals surface area contributed by atoms with Crippen LogP contribution >= 0.6 is 0 Å². The lowest BCUT2D eigenvalue weighted by molar-refractivity contribution is 0.102. The smallest absolute Gasteiger partial charge is 0.275 e. The Hall–Kier alpha value is -3.42. The van der Waals surface area contributed by atoms with Gasteiger partial charge in [-0.25, -0.2) is 14.4 Å². The van der Waals surface area contributed by atoms with Crippen LogP contribution in [-0.4, -0.2) is 26.5 Å². The molecule has 4 N–H and O–H groups in total. The molecule has 3 rings (SSSR count). The van der Waals surface area contributed by atoms with E-state index in [2.05, 4.69) is 20.6 Å². The first kappa shape index (κ1) is 17.4. The van der Waals surface area contributed by atoms with E-state index in [9.17, 15) is 9.18 Å². The summed E-state index contributed by atoms with van der Waals surface area (Å²) < 4.78 is 14.8. The third-order valence-electron chi connectivity index (χ3n) is 3.56. The van der Waals surface area contributed by atoms with Crippen LogP contribution in [0.3, 0.4) is 0 Å². The molecule has 1 aromatic carbocycles. The lowest BCUT2D eigenvalue weighted by atomic mass is 10.2. The Labute approximate surface area is 150 Å². The molecular weight excluding hydrogens is 335 g/mol. The Bertz CT molecular complexity index is 920. The molecule has 2 heterocycles. The molecule has 0 fully saturated rings. The maximum atomic E-state index is 13.2. The number of hydrogen-bond donors (Lipinski definition) is 3. The lowest BCUT2D eigenvalue weighted by Crippen LogP contribution is -2.17. The summed E-state index contributed by atoms with van der Waals surface area (Å²) in [5.74, 6) is -0.193. The summed E-state index contributed by atoms with van der Waals surface area (Å²) in [6, 6.07) is 6.59. The van der Waals surface area contributed by atoms with E-state index in [0.29, 0.717) is 22.9 Å². The number of nitrogens with two attached hydrogens (primary N) is 1. The number of aromatic nitrogens is 3. The summed E-state index contributed by atoms with van der Waals surface area (Å²) in [6.45, 7) is 3.96. The largest absolute Gasteiger partial charge is 0.397 e. The van der Waals surface area contributed by atoms with Gasteiger partial charge in [-0.1, -0.05) is 0 Å². The number of halogens is 1. The van der Waals surface area contributed by atoms with Crippen molar-refractivity contribution in [2.24, 2.45) is 0 Å². The summed E-state index contributed by atoms with van der Waals surface area (Å²) in [5.41, 5.74) is 7.56. The molecule has 2 aromatic heterocycles. The van der Waals surface area contributed by atoms with Crippen LogP contribution in [0.15, 0.2) is 49.1 Å². The molecule has 0 unspecified atom stereocenters. The number of nitrogens with zero attached hydrogens (tertiary/aromatic N) is 3. The minimum Gasteiger partial charge on any atom is -0.397 e. The minimum absolute atomic E-state index is 0.163. The molecule has 0 radical (unpaired) electrons. The molecule has 0 aliphatic carbocycles. The van der Waals surface area contributed by atoms with Gasteiger partial charge in [-0.05, 0) is 38.1 Å². The number of benzene rings is 1. The molecule has 134 valence electrons. The standard InChI is InChI=1S/C18H19FN6O/c1-11(2)23-17-9-21-16(8-22-17)18(26)24-15-7-13(3-4-14(15)20)25-6-5-12(19)10-25/h3-11H,20H2,1-2H3,(H,22,23)(H,24,26). The van der Waals surface area contributed by atoms with Crippen molar-refractivity contribution >= 4 is 23.1 Å². The maximum absolute atomic E-state index is 13.2. The predicted molar refractivity (Wildman–Crippen MR) is 98.9 cm³/mol. The lowest BCUT2D eigenvalue weighted by Gasteiger charge is -2.11. The monoisotopic (exact) mass is 354 g/mol. The van der Waals surface area contributed by atoms with E-state index in [-0.39, 0.29) is 17.6 Å². The van der Waals surface area contributed by atoms with Gasteiger partial charge in [0.25, 0.3) is 5.91 Å². The van der Waals surface area contributed by atoms with Gasteiger partial charge in [0.05, 0.1) is 23.8 Å². The van der Waals surface area contributed by atoms with Gasteiger partial charge in [0.2, 0.25) is 0 Å². The Morgan fingerprint density at radius 2 is 2.04 bits per heavy atom. The molecule has 0 atom stereocenters. The van der Waals surface area contributed by atoms with Crippen molar-refractivity contribution in [1.29, 1.82) is 0 Å². The molecule has 8 heteroatoms. The van der Waals surface area contributed by atoms with E-state index in [0.717, 1.165) is 0 Å². The highest BCUT2D eigenvalue weighted by atomic mass is 19.1. The highest BCUT2D eigenvalue weighted by molar-refractivity contribution is 6.04. The van der Waals surface area contributed by atoms with Crippen LogP contribution in [0.1, 0.15) is 24.3 Å². The van der Waals surface area contributed by atoms with Crippen LogP contribution in [0.25, 0.3) is 5.69 Å². The molecule has 3 aromatic rings. The Kier molecular flexibility index (Phi) is 4.83. The predicted octanol–water partition coefficient (Wildman–Crippen LogP) is 3.06. The number of carbonyl (C=O) groups excluding carboxylic acids is 1. The second-order valence-electron chi connectivity index (χ2n) is 6.05. The number of anilines is 3. The van der Waals surface area contributed by atoms with Gasteiger partial charge >= 0.3 is 0 Å². The van der Waals surface area contributed by atoms with Crippen LogP contribution in [0.4, 0.5) is 21.6 Å². The normalized spacial score (nSPS) is 10.8. The molecule has 0 aliphatic rings. The van der Waals surface area contributed by atoms with Crippen LogP contribution in [0.2, 0.25) is 0 Å². The van der Waals surface area contributed by atoms with Gasteiger partial charge in [0.1, 0.15) is 17.3 Å². The fourth-order valence-corrected chi connectivity index (χ4v) is 2.35. The summed E-state index contributed by atoms with van der Waals surface area (Å²) in [4.78, 5) is 20.7. The zero-order valence-corrected chi connectivity index (χ0v) is 14.4. The molecule has 1 amide bonds. The highest BCUT2D eigenvalue weighted by Crippen LogP contribution is 2.23. The van der Waals surface area contributed by atoms with Crippen molar-refractivity contribution < 1.29 is 9.18 Å². The average Bonchev–Trinajstić information content (AvgIpc) is 3.03. The quantitative estimate of drug-likeness (QED) is 0.612. The first-order valence-electron chi connectivity index (χ1n) is 8.05. The van der Waals surface area contributed by atoms with E-state index in [1.807, 2.05) is 13.8 Å². The maximum Gasteiger partial charge on any atom is 0.275 e. The van der Waals surface area contributed by atoms with Crippen LogP contribution < -0.4 is 16.4 Å². The van der Waals surface area contributed by atoms with E-state index >= 15 is 0 Å². The fraction of sp³-hybridized carbons (Fsp3) is 0.167. The number of carbonyl (C=O) groups is 1. The van der Waals surface area contributed by atoms with E-state index in [4.69, 9.17) is 5.73 Å². The Morgan fingerprint density at radius 3 is 2.65 bits per heavy atom. The Morgan fingerprint density at radius 1 is 1.23 bits per heavy atom. The topological polar surface area (TPSA) is 97.9 Å². The SMILES string of the molecule is CC(C)Nc1cnc(C(=O)Nc2cc(-n3ccc(F)c3)ccc2N)cn1. The molecule has 0 aliphatic heterocycles. The van der Waals surface area contributed by atoms with Crippen molar-refractivity contribution in [2.45, 2.75) is 19.9 Å². The summed E-state index contributed by atoms with van der Waals surface area (Å²) in [7, 11) is 0. The fourth-order valence-electron chi connectivity index (χ4n) is 2.35.